The summed E-state index contributed by atoms with van der Waals surface area (Å²) in [5.74, 6) is -0.474. The lowest BCUT2D eigenvalue weighted by atomic mass is 9.74. The van der Waals surface area contributed by atoms with Crippen LogP contribution in [0.25, 0.3) is 10.9 Å². The Hall–Kier alpha value is -2.81. The van der Waals surface area contributed by atoms with Crippen molar-refractivity contribution < 1.29 is 23.7 Å². The molecule has 3 aromatic rings. The lowest BCUT2D eigenvalue weighted by Crippen LogP contribution is -2.43. The van der Waals surface area contributed by atoms with Crippen molar-refractivity contribution in [1.82, 2.24) is 9.88 Å². The third-order valence-electron chi connectivity index (χ3n) is 7.47. The Labute approximate surface area is 210 Å². The molecule has 4 rings (SSSR count). The summed E-state index contributed by atoms with van der Waals surface area (Å²) in [6.45, 7) is 5.00. The quantitative estimate of drug-likeness (QED) is 0.371. The number of halogens is 2. The van der Waals surface area contributed by atoms with Crippen molar-refractivity contribution >= 4 is 16.6 Å². The standard InChI is InChI=1S/C28H35F2N3O3/c1-19-17-32-25-4-3-23(36-2)16-24(25)27(19)26(35)5-6-28(18-34)7-10-33(11-8-28)12-9-31-22-14-20(29)13-21(30)15-22/h3-4,13-17,26,31,34-35H,5-12,18H2,1-2H3/t26-/m1/s1. The third kappa shape index (κ3) is 6.11. The number of fused-ring (bicyclic) bond motifs is 1. The molecular formula is C28H35F2N3O3. The number of aromatic nitrogens is 1. The average molecular weight is 500 g/mol. The monoisotopic (exact) mass is 499 g/mol. The first-order chi connectivity index (χ1) is 17.3. The lowest BCUT2D eigenvalue weighted by Gasteiger charge is -2.41. The summed E-state index contributed by atoms with van der Waals surface area (Å²) in [5.41, 5.74) is 2.81. The van der Waals surface area contributed by atoms with Gasteiger partial charge in [0, 0.05) is 43.0 Å². The van der Waals surface area contributed by atoms with Crippen LogP contribution in [0.15, 0.2) is 42.6 Å². The Morgan fingerprint density at radius 3 is 2.53 bits per heavy atom. The van der Waals surface area contributed by atoms with E-state index >= 15 is 0 Å². The second kappa shape index (κ2) is 11.5. The lowest BCUT2D eigenvalue weighted by molar-refractivity contribution is 0.0247. The highest BCUT2D eigenvalue weighted by atomic mass is 19.1. The number of pyridine rings is 1. The Morgan fingerprint density at radius 2 is 1.86 bits per heavy atom. The fraction of sp³-hybridized carbons (Fsp3) is 0.464. The Balaban J connectivity index is 1.33. The smallest absolute Gasteiger partial charge is 0.128 e. The SMILES string of the molecule is COc1ccc2ncc(C)c([C@H](O)CCC3(CO)CCN(CCNc4cc(F)cc(F)c4)CC3)c2c1. The molecule has 0 unspecified atom stereocenters. The van der Waals surface area contributed by atoms with Crippen LogP contribution in [0.2, 0.25) is 0 Å². The van der Waals surface area contributed by atoms with Crippen LogP contribution in [0.3, 0.4) is 0 Å². The van der Waals surface area contributed by atoms with Gasteiger partial charge in [0.05, 0.1) is 18.7 Å². The molecule has 8 heteroatoms. The second-order valence-electron chi connectivity index (χ2n) is 9.88. The second-order valence-corrected chi connectivity index (χ2v) is 9.88. The number of aryl methyl sites for hydroxylation is 1. The van der Waals surface area contributed by atoms with Crippen LogP contribution in [0, 0.1) is 24.0 Å². The molecule has 1 atom stereocenters. The largest absolute Gasteiger partial charge is 0.497 e. The van der Waals surface area contributed by atoms with Gasteiger partial charge in [0.15, 0.2) is 0 Å². The van der Waals surface area contributed by atoms with Crippen LogP contribution in [-0.2, 0) is 0 Å². The van der Waals surface area contributed by atoms with Gasteiger partial charge in [-0.2, -0.15) is 0 Å². The molecule has 1 aliphatic rings. The normalized spacial score (nSPS) is 16.7. The number of rotatable bonds is 10. The first-order valence-electron chi connectivity index (χ1n) is 12.5. The number of anilines is 1. The minimum Gasteiger partial charge on any atom is -0.497 e. The number of nitrogens with one attached hydrogen (secondary N) is 1. The number of hydrogen-bond donors (Lipinski definition) is 3. The molecule has 0 aliphatic carbocycles. The first kappa shape index (κ1) is 26.3. The molecule has 1 fully saturated rings. The molecule has 0 saturated carbocycles. The average Bonchev–Trinajstić information content (AvgIpc) is 2.87. The van der Waals surface area contributed by atoms with E-state index in [2.05, 4.69) is 15.2 Å². The molecule has 3 N–H and O–H groups in total. The summed E-state index contributed by atoms with van der Waals surface area (Å²) < 4.78 is 32.1. The van der Waals surface area contributed by atoms with Gasteiger partial charge >= 0.3 is 0 Å². The predicted molar refractivity (Wildman–Crippen MR) is 137 cm³/mol. The molecule has 0 spiro atoms. The Bertz CT molecular complexity index is 1160. The van der Waals surface area contributed by atoms with Gasteiger partial charge in [0.25, 0.3) is 0 Å². The van der Waals surface area contributed by atoms with Crippen molar-refractivity contribution in [2.45, 2.75) is 38.7 Å². The van der Waals surface area contributed by atoms with Gasteiger partial charge in [0.1, 0.15) is 17.4 Å². The number of benzene rings is 2. The van der Waals surface area contributed by atoms with E-state index in [1.807, 2.05) is 25.1 Å². The molecule has 36 heavy (non-hydrogen) atoms. The molecule has 6 nitrogen and oxygen atoms in total. The summed E-state index contributed by atoms with van der Waals surface area (Å²) in [5, 5.41) is 25.4. The van der Waals surface area contributed by atoms with Gasteiger partial charge in [0.2, 0.25) is 0 Å². The number of aliphatic hydroxyl groups is 2. The molecule has 2 heterocycles. The zero-order chi connectivity index (χ0) is 25.7. The van der Waals surface area contributed by atoms with E-state index in [4.69, 9.17) is 4.74 Å². The maximum absolute atomic E-state index is 13.4. The van der Waals surface area contributed by atoms with Gasteiger partial charge in [-0.05, 0) is 92.6 Å². The van der Waals surface area contributed by atoms with E-state index in [1.54, 1.807) is 13.3 Å². The van der Waals surface area contributed by atoms with Crippen molar-refractivity contribution in [3.63, 3.8) is 0 Å². The fourth-order valence-electron chi connectivity index (χ4n) is 5.20. The molecule has 2 aromatic carbocycles. The number of likely N-dealkylation sites (tertiary alicyclic amines) is 1. The van der Waals surface area contributed by atoms with Crippen LogP contribution in [0.5, 0.6) is 5.75 Å². The topological polar surface area (TPSA) is 77.8 Å². The van der Waals surface area contributed by atoms with Gasteiger partial charge < -0.3 is 25.2 Å². The molecule has 0 radical (unpaired) electrons. The highest BCUT2D eigenvalue weighted by molar-refractivity contribution is 5.84. The Morgan fingerprint density at radius 1 is 1.14 bits per heavy atom. The van der Waals surface area contributed by atoms with Crippen LogP contribution in [0.1, 0.15) is 42.9 Å². The summed E-state index contributed by atoms with van der Waals surface area (Å²) in [7, 11) is 1.62. The molecule has 0 bridgehead atoms. The van der Waals surface area contributed by atoms with E-state index in [9.17, 15) is 19.0 Å². The third-order valence-corrected chi connectivity index (χ3v) is 7.47. The molecule has 194 valence electrons. The van der Waals surface area contributed by atoms with Crippen LogP contribution < -0.4 is 10.1 Å². The zero-order valence-corrected chi connectivity index (χ0v) is 20.9. The van der Waals surface area contributed by atoms with Crippen LogP contribution >= 0.6 is 0 Å². The van der Waals surface area contributed by atoms with E-state index in [0.29, 0.717) is 25.1 Å². The van der Waals surface area contributed by atoms with Crippen molar-refractivity contribution in [2.24, 2.45) is 5.41 Å². The fourth-order valence-corrected chi connectivity index (χ4v) is 5.20. The van der Waals surface area contributed by atoms with Gasteiger partial charge in [-0.15, -0.1) is 0 Å². The van der Waals surface area contributed by atoms with Crippen molar-refractivity contribution in [2.75, 3.05) is 45.2 Å². The van der Waals surface area contributed by atoms with Gasteiger partial charge in [-0.25, -0.2) is 8.78 Å². The minimum absolute atomic E-state index is 0.0816. The maximum atomic E-state index is 13.4. The summed E-state index contributed by atoms with van der Waals surface area (Å²) in [6.07, 6.45) is 4.04. The minimum atomic E-state index is -0.667. The molecule has 1 aromatic heterocycles. The van der Waals surface area contributed by atoms with Crippen molar-refractivity contribution in [3.8, 4) is 5.75 Å². The van der Waals surface area contributed by atoms with Gasteiger partial charge in [-0.3, -0.25) is 4.98 Å². The maximum Gasteiger partial charge on any atom is 0.128 e. The highest BCUT2D eigenvalue weighted by Crippen LogP contribution is 2.39. The summed E-state index contributed by atoms with van der Waals surface area (Å²) in [6, 6.07) is 9.10. The van der Waals surface area contributed by atoms with Crippen molar-refractivity contribution in [1.29, 1.82) is 0 Å². The molecule has 0 amide bonds. The number of hydrogen-bond acceptors (Lipinski definition) is 6. The molecule has 1 saturated heterocycles. The van der Waals surface area contributed by atoms with Crippen molar-refractivity contribution in [3.05, 3.63) is 65.4 Å². The zero-order valence-electron chi connectivity index (χ0n) is 20.9. The number of methoxy groups -OCH3 is 1. The van der Waals surface area contributed by atoms with E-state index in [1.165, 1.54) is 12.1 Å². The van der Waals surface area contributed by atoms with Gasteiger partial charge in [-0.1, -0.05) is 0 Å². The predicted octanol–water partition coefficient (Wildman–Crippen LogP) is 4.83. The Kier molecular flexibility index (Phi) is 8.39. The number of piperidine rings is 1. The van der Waals surface area contributed by atoms with Crippen LogP contribution in [-0.4, -0.2) is 60.0 Å². The number of nitrogens with zero attached hydrogens (tertiary/aromatic N) is 2. The summed E-state index contributed by atoms with van der Waals surface area (Å²) >= 11 is 0. The van der Waals surface area contributed by atoms with E-state index < -0.39 is 17.7 Å². The van der Waals surface area contributed by atoms with Crippen LogP contribution in [0.4, 0.5) is 14.5 Å². The number of ether oxygens (including phenoxy) is 1. The highest BCUT2D eigenvalue weighted by Gasteiger charge is 2.34. The molecule has 1 aliphatic heterocycles. The summed E-state index contributed by atoms with van der Waals surface area (Å²) in [4.78, 5) is 6.78. The molecular weight excluding hydrogens is 464 g/mol. The number of aliphatic hydroxyl groups excluding tert-OH is 2. The van der Waals surface area contributed by atoms with E-state index in [-0.39, 0.29) is 12.0 Å². The van der Waals surface area contributed by atoms with E-state index in [0.717, 1.165) is 66.3 Å². The first-order valence-corrected chi connectivity index (χ1v) is 12.5.